The Bertz CT molecular complexity index is 293. The second kappa shape index (κ2) is 6.86. The zero-order chi connectivity index (χ0) is 11.8. The SMILES string of the molecule is COc1ccc(C(C)=O)cc1.F[C](F)F. The van der Waals surface area contributed by atoms with Crippen molar-refractivity contribution in [2.75, 3.05) is 7.11 Å². The summed E-state index contributed by atoms with van der Waals surface area (Å²) in [5, 5.41) is 0. The Kier molecular flexibility index (Phi) is 6.17. The molecule has 0 saturated carbocycles. The van der Waals surface area contributed by atoms with Crippen LogP contribution < -0.4 is 4.74 Å². The molecule has 1 rings (SSSR count). The van der Waals surface area contributed by atoms with Gasteiger partial charge in [0.05, 0.1) is 7.11 Å². The third-order valence-electron chi connectivity index (χ3n) is 1.50. The minimum atomic E-state index is -3.08. The first-order valence-corrected chi connectivity index (χ1v) is 3.95. The van der Waals surface area contributed by atoms with Crippen LogP contribution in [0, 0.1) is 6.68 Å². The fraction of sp³-hybridized carbons (Fsp3) is 0.200. The molecule has 0 aliphatic heterocycles. The molecule has 83 valence electrons. The number of methoxy groups -OCH3 is 1. The van der Waals surface area contributed by atoms with Gasteiger partial charge in [-0.1, -0.05) is 0 Å². The number of hydrogen-bond acceptors (Lipinski definition) is 2. The molecule has 1 aromatic rings. The van der Waals surface area contributed by atoms with Crippen LogP contribution in [0.1, 0.15) is 17.3 Å². The number of Topliss-reactive ketones (excluding diaryl/α,β-unsaturated/α-hetero) is 1. The summed E-state index contributed by atoms with van der Waals surface area (Å²) in [6.07, 6.45) is 0. The Morgan fingerprint density at radius 1 is 1.13 bits per heavy atom. The minimum Gasteiger partial charge on any atom is -0.497 e. The van der Waals surface area contributed by atoms with Crippen LogP contribution in [0.5, 0.6) is 5.75 Å². The van der Waals surface area contributed by atoms with Crippen molar-refractivity contribution in [3.8, 4) is 5.75 Å². The second-order valence-electron chi connectivity index (χ2n) is 2.50. The standard InChI is InChI=1S/C9H10O2.CF3/c1-7(10)8-3-5-9(11-2)6-4-8;2-1(3)4/h3-6H,1-2H3;. The molecule has 0 heterocycles. The number of carbonyl (C=O) groups excluding carboxylic acids is 1. The maximum absolute atomic E-state index is 10.8. The van der Waals surface area contributed by atoms with Crippen molar-refractivity contribution in [2.45, 2.75) is 6.92 Å². The van der Waals surface area contributed by atoms with Crippen LogP contribution >= 0.6 is 0 Å². The summed E-state index contributed by atoms with van der Waals surface area (Å²) >= 11 is 0. The molecular weight excluding hydrogens is 209 g/mol. The Morgan fingerprint density at radius 3 is 1.80 bits per heavy atom. The van der Waals surface area contributed by atoms with Crippen LogP contribution in [-0.2, 0) is 0 Å². The molecule has 0 atom stereocenters. The van der Waals surface area contributed by atoms with Crippen molar-refractivity contribution in [3.05, 3.63) is 36.5 Å². The highest BCUT2D eigenvalue weighted by Crippen LogP contribution is 2.11. The quantitative estimate of drug-likeness (QED) is 0.714. The maximum atomic E-state index is 10.8. The Morgan fingerprint density at radius 2 is 1.53 bits per heavy atom. The Hall–Kier alpha value is -1.52. The number of hydrogen-bond donors (Lipinski definition) is 0. The highest BCUT2D eigenvalue weighted by Gasteiger charge is 1.97. The Balaban J connectivity index is 0.000000423. The summed E-state index contributed by atoms with van der Waals surface area (Å²) in [5.41, 5.74) is 0.714. The molecule has 15 heavy (non-hydrogen) atoms. The van der Waals surface area contributed by atoms with Gasteiger partial charge in [-0.25, -0.2) is 0 Å². The largest absolute Gasteiger partial charge is 0.497 e. The van der Waals surface area contributed by atoms with Crippen LogP contribution in [0.4, 0.5) is 13.2 Å². The van der Waals surface area contributed by atoms with Crippen molar-refractivity contribution in [2.24, 2.45) is 0 Å². The number of rotatable bonds is 2. The van der Waals surface area contributed by atoms with E-state index in [9.17, 15) is 18.0 Å². The van der Waals surface area contributed by atoms with Crippen molar-refractivity contribution < 1.29 is 22.7 Å². The summed E-state index contributed by atoms with van der Waals surface area (Å²) in [5.74, 6) is 0.850. The molecule has 1 aromatic carbocycles. The minimum absolute atomic E-state index is 0.0765. The van der Waals surface area contributed by atoms with Gasteiger partial charge in [-0.2, -0.15) is 13.2 Å². The normalized spacial score (nSPS) is 9.20. The summed E-state index contributed by atoms with van der Waals surface area (Å²) in [6.45, 7) is -1.54. The van der Waals surface area contributed by atoms with Gasteiger partial charge in [0.1, 0.15) is 5.75 Å². The molecule has 0 amide bonds. The maximum Gasteiger partial charge on any atom is 0.487 e. The van der Waals surface area contributed by atoms with E-state index in [-0.39, 0.29) is 5.78 Å². The molecule has 1 radical (unpaired) electrons. The molecule has 0 unspecified atom stereocenters. The molecule has 0 fully saturated rings. The van der Waals surface area contributed by atoms with Gasteiger partial charge in [0.2, 0.25) is 0 Å². The number of halogens is 3. The van der Waals surface area contributed by atoms with Crippen LogP contribution in [0.2, 0.25) is 0 Å². The Labute approximate surface area is 85.7 Å². The first-order valence-electron chi connectivity index (χ1n) is 3.95. The summed E-state index contributed by atoms with van der Waals surface area (Å²) in [6, 6.07) is 7.05. The van der Waals surface area contributed by atoms with E-state index in [0.29, 0.717) is 5.56 Å². The number of carbonyl (C=O) groups is 1. The lowest BCUT2D eigenvalue weighted by atomic mass is 10.1. The predicted octanol–water partition coefficient (Wildman–Crippen LogP) is 3.24. The smallest absolute Gasteiger partial charge is 0.487 e. The van der Waals surface area contributed by atoms with Crippen molar-refractivity contribution in [1.29, 1.82) is 0 Å². The lowest BCUT2D eigenvalue weighted by Gasteiger charge is -1.98. The van der Waals surface area contributed by atoms with Crippen LogP contribution in [0.3, 0.4) is 0 Å². The highest BCUT2D eigenvalue weighted by molar-refractivity contribution is 5.94. The molecule has 0 spiro atoms. The fourth-order valence-electron chi connectivity index (χ4n) is 0.826. The van der Waals surface area contributed by atoms with Gasteiger partial charge in [0.25, 0.3) is 0 Å². The van der Waals surface area contributed by atoms with Gasteiger partial charge in [0.15, 0.2) is 5.78 Å². The van der Waals surface area contributed by atoms with Crippen LogP contribution in [-0.4, -0.2) is 12.9 Å². The average molecular weight is 219 g/mol. The number of ketones is 1. The van der Waals surface area contributed by atoms with Crippen LogP contribution in [0.15, 0.2) is 24.3 Å². The fourth-order valence-corrected chi connectivity index (χ4v) is 0.826. The van der Waals surface area contributed by atoms with Gasteiger partial charge in [0, 0.05) is 5.56 Å². The van der Waals surface area contributed by atoms with Gasteiger partial charge < -0.3 is 4.74 Å². The molecule has 0 bridgehead atoms. The molecule has 5 heteroatoms. The molecule has 0 N–H and O–H groups in total. The summed E-state index contributed by atoms with van der Waals surface area (Å²) in [7, 11) is 1.60. The molecule has 0 saturated heterocycles. The van der Waals surface area contributed by atoms with E-state index < -0.39 is 6.68 Å². The third kappa shape index (κ3) is 6.54. The summed E-state index contributed by atoms with van der Waals surface area (Å²) < 4.78 is 33.7. The zero-order valence-corrected chi connectivity index (χ0v) is 8.26. The second-order valence-corrected chi connectivity index (χ2v) is 2.50. The third-order valence-corrected chi connectivity index (χ3v) is 1.50. The van der Waals surface area contributed by atoms with Crippen molar-refractivity contribution >= 4 is 5.78 Å². The van der Waals surface area contributed by atoms with Gasteiger partial charge in [-0.3, -0.25) is 4.79 Å². The molecule has 0 aliphatic rings. The monoisotopic (exact) mass is 219 g/mol. The van der Waals surface area contributed by atoms with E-state index in [2.05, 4.69) is 0 Å². The van der Waals surface area contributed by atoms with E-state index >= 15 is 0 Å². The van der Waals surface area contributed by atoms with Crippen molar-refractivity contribution in [1.82, 2.24) is 0 Å². The van der Waals surface area contributed by atoms with E-state index in [1.165, 1.54) is 0 Å². The number of benzene rings is 1. The molecular formula is C10H10F3O2. The van der Waals surface area contributed by atoms with E-state index in [1.54, 1.807) is 38.3 Å². The summed E-state index contributed by atoms with van der Waals surface area (Å²) in [4.78, 5) is 10.8. The van der Waals surface area contributed by atoms with Crippen molar-refractivity contribution in [3.63, 3.8) is 0 Å². The topological polar surface area (TPSA) is 26.3 Å². The predicted molar refractivity (Wildman–Crippen MR) is 49.6 cm³/mol. The van der Waals surface area contributed by atoms with E-state index in [4.69, 9.17) is 4.74 Å². The lowest BCUT2D eigenvalue weighted by molar-refractivity contribution is 0.101. The molecule has 0 aromatic heterocycles. The van der Waals surface area contributed by atoms with E-state index in [0.717, 1.165) is 5.75 Å². The first-order chi connectivity index (χ1) is 6.97. The molecule has 2 nitrogen and oxygen atoms in total. The first kappa shape index (κ1) is 13.5. The van der Waals surface area contributed by atoms with Gasteiger partial charge >= 0.3 is 6.68 Å². The van der Waals surface area contributed by atoms with Crippen LogP contribution in [0.25, 0.3) is 0 Å². The zero-order valence-electron chi connectivity index (χ0n) is 8.26. The van der Waals surface area contributed by atoms with E-state index in [1.807, 2.05) is 0 Å². The van der Waals surface area contributed by atoms with Gasteiger partial charge in [-0.15, -0.1) is 0 Å². The number of ether oxygens (including phenoxy) is 1. The van der Waals surface area contributed by atoms with Gasteiger partial charge in [-0.05, 0) is 31.2 Å². The molecule has 0 aliphatic carbocycles. The average Bonchev–Trinajstić information content (AvgIpc) is 2.17. The lowest BCUT2D eigenvalue weighted by Crippen LogP contribution is -1.91. The highest BCUT2D eigenvalue weighted by atomic mass is 19.4.